The van der Waals surface area contributed by atoms with Crippen molar-refractivity contribution >= 4 is 34.9 Å². The Morgan fingerprint density at radius 2 is 1.53 bits per heavy atom. The third kappa shape index (κ3) is 5.12. The Morgan fingerprint density at radius 3 is 2.24 bits per heavy atom. The molecule has 1 aliphatic heterocycles. The molecular formula is C27H28Cl2N2O3. The van der Waals surface area contributed by atoms with Crippen molar-refractivity contribution in [3.05, 3.63) is 77.3 Å². The fourth-order valence-electron chi connectivity index (χ4n) is 4.54. The Hall–Kier alpha value is -2.86. The van der Waals surface area contributed by atoms with Gasteiger partial charge >= 0.3 is 0 Å². The van der Waals surface area contributed by atoms with E-state index in [-0.39, 0.29) is 23.9 Å². The van der Waals surface area contributed by atoms with E-state index in [4.69, 9.17) is 16.3 Å². The molecule has 1 aromatic heterocycles. The second-order valence-corrected chi connectivity index (χ2v) is 8.92. The van der Waals surface area contributed by atoms with Crippen LogP contribution in [0.1, 0.15) is 18.4 Å². The van der Waals surface area contributed by atoms with Crippen LogP contribution in [0, 0.1) is 0 Å². The maximum atomic E-state index is 10.0. The Labute approximate surface area is 210 Å². The van der Waals surface area contributed by atoms with Gasteiger partial charge in [-0.1, -0.05) is 23.7 Å². The summed E-state index contributed by atoms with van der Waals surface area (Å²) in [6.45, 7) is 4.63. The maximum absolute atomic E-state index is 10.0. The highest BCUT2D eigenvalue weighted by Crippen LogP contribution is 2.40. The molecule has 0 saturated carbocycles. The van der Waals surface area contributed by atoms with Gasteiger partial charge in [-0.3, -0.25) is 4.90 Å². The molecule has 0 aliphatic carbocycles. The van der Waals surface area contributed by atoms with Crippen LogP contribution in [-0.2, 0) is 6.54 Å². The largest absolute Gasteiger partial charge is 0.508 e. The molecule has 0 spiro atoms. The molecule has 178 valence electrons. The van der Waals surface area contributed by atoms with E-state index in [9.17, 15) is 10.2 Å². The van der Waals surface area contributed by atoms with Crippen molar-refractivity contribution < 1.29 is 14.9 Å². The third-order valence-electron chi connectivity index (χ3n) is 6.26. The van der Waals surface area contributed by atoms with Crippen LogP contribution in [0.2, 0.25) is 5.02 Å². The van der Waals surface area contributed by atoms with Crippen molar-refractivity contribution in [3.63, 3.8) is 0 Å². The molecule has 1 aliphatic rings. The van der Waals surface area contributed by atoms with Gasteiger partial charge in [0, 0.05) is 18.5 Å². The fourth-order valence-corrected chi connectivity index (χ4v) is 4.90. The lowest BCUT2D eigenvalue weighted by Gasteiger charge is -2.15. The number of halogens is 2. The monoisotopic (exact) mass is 498 g/mol. The summed E-state index contributed by atoms with van der Waals surface area (Å²) in [6.07, 6.45) is 2.58. The van der Waals surface area contributed by atoms with Crippen molar-refractivity contribution in [1.82, 2.24) is 9.47 Å². The highest BCUT2D eigenvalue weighted by atomic mass is 35.5. The van der Waals surface area contributed by atoms with Crippen molar-refractivity contribution in [3.8, 4) is 28.5 Å². The highest BCUT2D eigenvalue weighted by molar-refractivity contribution is 6.38. The molecular weight excluding hydrogens is 471 g/mol. The topological polar surface area (TPSA) is 57.9 Å². The Kier molecular flexibility index (Phi) is 7.57. The zero-order chi connectivity index (χ0) is 22.8. The van der Waals surface area contributed by atoms with Gasteiger partial charge in [0.05, 0.1) is 16.2 Å². The van der Waals surface area contributed by atoms with Crippen LogP contribution in [0.25, 0.3) is 22.2 Å². The van der Waals surface area contributed by atoms with E-state index in [0.717, 1.165) is 40.0 Å². The van der Waals surface area contributed by atoms with Gasteiger partial charge in [0.2, 0.25) is 0 Å². The lowest BCUT2D eigenvalue weighted by Crippen LogP contribution is -2.25. The van der Waals surface area contributed by atoms with Gasteiger partial charge in [0.15, 0.2) is 0 Å². The van der Waals surface area contributed by atoms with E-state index < -0.39 is 0 Å². The quantitative estimate of drug-likeness (QED) is 0.313. The average molecular weight is 499 g/mol. The van der Waals surface area contributed by atoms with Gasteiger partial charge in [0.1, 0.15) is 23.9 Å². The number of hydrogen-bond donors (Lipinski definition) is 2. The number of ether oxygens (including phenoxy) is 1. The first-order valence-corrected chi connectivity index (χ1v) is 11.7. The minimum absolute atomic E-state index is 0. The van der Waals surface area contributed by atoms with E-state index in [1.54, 1.807) is 24.3 Å². The molecule has 5 rings (SSSR count). The smallest absolute Gasteiger partial charge is 0.119 e. The minimum atomic E-state index is 0. The van der Waals surface area contributed by atoms with E-state index >= 15 is 0 Å². The summed E-state index contributed by atoms with van der Waals surface area (Å²) in [5.74, 6) is 1.25. The zero-order valence-electron chi connectivity index (χ0n) is 18.8. The molecule has 34 heavy (non-hydrogen) atoms. The van der Waals surface area contributed by atoms with Crippen LogP contribution in [-0.4, -0.2) is 45.9 Å². The summed E-state index contributed by atoms with van der Waals surface area (Å²) in [5.41, 5.74) is 3.80. The summed E-state index contributed by atoms with van der Waals surface area (Å²) in [5, 5.41) is 21.1. The molecule has 7 heteroatoms. The number of phenols is 2. The van der Waals surface area contributed by atoms with Crippen LogP contribution in [0.15, 0.2) is 66.7 Å². The van der Waals surface area contributed by atoms with E-state index in [1.165, 1.54) is 25.9 Å². The van der Waals surface area contributed by atoms with Gasteiger partial charge in [-0.25, -0.2) is 0 Å². The molecule has 0 atom stereocenters. The maximum Gasteiger partial charge on any atom is 0.119 e. The summed E-state index contributed by atoms with van der Waals surface area (Å²) < 4.78 is 8.09. The molecule has 2 heterocycles. The van der Waals surface area contributed by atoms with Gasteiger partial charge in [-0.15, -0.1) is 12.4 Å². The first-order valence-electron chi connectivity index (χ1n) is 11.3. The number of likely N-dealkylation sites (tertiary alicyclic amines) is 1. The Morgan fingerprint density at radius 1 is 0.853 bits per heavy atom. The first-order chi connectivity index (χ1) is 16.1. The summed E-state index contributed by atoms with van der Waals surface area (Å²) in [4.78, 5) is 2.44. The predicted molar refractivity (Wildman–Crippen MR) is 140 cm³/mol. The van der Waals surface area contributed by atoms with Crippen molar-refractivity contribution in [2.75, 3.05) is 26.2 Å². The lowest BCUT2D eigenvalue weighted by molar-refractivity contribution is 0.238. The summed E-state index contributed by atoms with van der Waals surface area (Å²) in [6, 6.07) is 20.4. The van der Waals surface area contributed by atoms with Crippen LogP contribution < -0.4 is 4.74 Å². The average Bonchev–Trinajstić information content (AvgIpc) is 3.43. The molecule has 1 fully saturated rings. The third-order valence-corrected chi connectivity index (χ3v) is 6.65. The number of hydrogen-bond acceptors (Lipinski definition) is 4. The summed E-state index contributed by atoms with van der Waals surface area (Å²) in [7, 11) is 0. The molecule has 1 saturated heterocycles. The van der Waals surface area contributed by atoms with Crippen LogP contribution in [0.3, 0.4) is 0 Å². The number of aromatic nitrogens is 1. The summed E-state index contributed by atoms with van der Waals surface area (Å²) >= 11 is 6.79. The van der Waals surface area contributed by atoms with Gasteiger partial charge in [-0.2, -0.15) is 0 Å². The van der Waals surface area contributed by atoms with Crippen LogP contribution in [0.4, 0.5) is 0 Å². The molecule has 0 radical (unpaired) electrons. The predicted octanol–water partition coefficient (Wildman–Crippen LogP) is 6.32. The van der Waals surface area contributed by atoms with Gasteiger partial charge in [-0.05, 0) is 91.7 Å². The number of rotatable bonds is 7. The molecule has 0 unspecified atom stereocenters. The SMILES string of the molecule is Cl.Oc1ccc(-c2c(Cl)c3cc(O)ccc3n2Cc2ccc(OCCN3CCCC3)cc2)cc1. The molecule has 5 nitrogen and oxygen atoms in total. The van der Waals surface area contributed by atoms with Crippen LogP contribution >= 0.6 is 24.0 Å². The number of nitrogens with zero attached hydrogens (tertiary/aromatic N) is 2. The number of benzene rings is 3. The number of fused-ring (bicyclic) bond motifs is 1. The molecule has 4 aromatic rings. The van der Waals surface area contributed by atoms with Gasteiger partial charge < -0.3 is 19.5 Å². The fraction of sp³-hybridized carbons (Fsp3) is 0.259. The van der Waals surface area contributed by atoms with E-state index in [1.807, 2.05) is 30.3 Å². The molecule has 0 bridgehead atoms. The Balaban J connectivity index is 0.00000274. The molecule has 3 aromatic carbocycles. The zero-order valence-corrected chi connectivity index (χ0v) is 20.4. The van der Waals surface area contributed by atoms with Crippen molar-refractivity contribution in [1.29, 1.82) is 0 Å². The molecule has 2 N–H and O–H groups in total. The molecule has 0 amide bonds. The second kappa shape index (κ2) is 10.6. The first kappa shape index (κ1) is 24.3. The Bertz CT molecular complexity index is 1250. The second-order valence-electron chi connectivity index (χ2n) is 8.54. The van der Waals surface area contributed by atoms with Crippen molar-refractivity contribution in [2.45, 2.75) is 19.4 Å². The standard InChI is InChI=1S/C27H27ClN2O3.ClH/c28-26-24-17-22(32)9-12-25(24)30(27(26)20-5-7-21(31)8-6-20)18-19-3-10-23(11-4-19)33-16-15-29-13-1-2-14-29;/h3-12,17,31-32H,1-2,13-16,18H2;1H. The van der Waals surface area contributed by atoms with Crippen LogP contribution in [0.5, 0.6) is 17.2 Å². The van der Waals surface area contributed by atoms with Crippen molar-refractivity contribution in [2.24, 2.45) is 0 Å². The normalized spacial score (nSPS) is 13.8. The highest BCUT2D eigenvalue weighted by Gasteiger charge is 2.18. The van der Waals surface area contributed by atoms with Gasteiger partial charge in [0.25, 0.3) is 0 Å². The number of aromatic hydroxyl groups is 2. The number of phenolic OH excluding ortho intramolecular Hbond substituents is 2. The lowest BCUT2D eigenvalue weighted by atomic mass is 10.1. The van der Waals surface area contributed by atoms with E-state index in [0.29, 0.717) is 18.2 Å². The van der Waals surface area contributed by atoms with E-state index in [2.05, 4.69) is 21.6 Å². The minimum Gasteiger partial charge on any atom is -0.508 e.